The van der Waals surface area contributed by atoms with Gasteiger partial charge in [-0.15, -0.1) is 0 Å². The Morgan fingerprint density at radius 1 is 1.19 bits per heavy atom. The van der Waals surface area contributed by atoms with E-state index in [1.54, 1.807) is 0 Å². The van der Waals surface area contributed by atoms with Crippen molar-refractivity contribution in [1.29, 1.82) is 0 Å². The van der Waals surface area contributed by atoms with Crippen molar-refractivity contribution in [2.75, 3.05) is 15.9 Å². The number of rotatable bonds is 6. The fourth-order valence-electron chi connectivity index (χ4n) is 2.84. The quantitative estimate of drug-likeness (QED) is 0.837. The second-order valence-corrected chi connectivity index (χ2v) is 8.00. The molecule has 2 aromatic rings. The number of anilines is 2. The Morgan fingerprint density at radius 3 is 2.42 bits per heavy atom. The van der Waals surface area contributed by atoms with Gasteiger partial charge < -0.3 is 5.32 Å². The molecule has 1 amide bonds. The van der Waals surface area contributed by atoms with E-state index in [-0.39, 0.29) is 5.69 Å². The van der Waals surface area contributed by atoms with Crippen molar-refractivity contribution < 1.29 is 17.6 Å². The minimum Gasteiger partial charge on any atom is -0.324 e. The van der Waals surface area contributed by atoms with Gasteiger partial charge in [-0.05, 0) is 43.5 Å². The standard InChI is InChI=1S/C19H23FN2O3S/c1-5-15-10-8-9-13(2)18(15)21-19(23)14(3)22(26(4,24)25)17-12-7-6-11-16(17)20/h6-12,14H,5H2,1-4H3,(H,21,23)/t14-/m1/s1. The molecule has 0 aliphatic rings. The number of sulfonamides is 1. The van der Waals surface area contributed by atoms with Gasteiger partial charge in [-0.2, -0.15) is 0 Å². The lowest BCUT2D eigenvalue weighted by atomic mass is 10.1. The topological polar surface area (TPSA) is 66.5 Å². The lowest BCUT2D eigenvalue weighted by molar-refractivity contribution is -0.116. The summed E-state index contributed by atoms with van der Waals surface area (Å²) in [4.78, 5) is 12.8. The van der Waals surface area contributed by atoms with Gasteiger partial charge in [0.05, 0.1) is 11.9 Å². The lowest BCUT2D eigenvalue weighted by Gasteiger charge is -2.29. The molecule has 0 saturated heterocycles. The van der Waals surface area contributed by atoms with Crippen LogP contribution in [0, 0.1) is 12.7 Å². The smallest absolute Gasteiger partial charge is 0.248 e. The van der Waals surface area contributed by atoms with E-state index < -0.39 is 27.8 Å². The van der Waals surface area contributed by atoms with E-state index in [2.05, 4.69) is 5.32 Å². The van der Waals surface area contributed by atoms with Crippen LogP contribution in [0.2, 0.25) is 0 Å². The van der Waals surface area contributed by atoms with Crippen molar-refractivity contribution in [3.8, 4) is 0 Å². The monoisotopic (exact) mass is 378 g/mol. The second kappa shape index (κ2) is 7.86. The van der Waals surface area contributed by atoms with Gasteiger partial charge in [0.1, 0.15) is 11.9 Å². The number of halogens is 1. The normalized spacial score (nSPS) is 12.5. The minimum atomic E-state index is -3.87. The van der Waals surface area contributed by atoms with E-state index >= 15 is 0 Å². The predicted molar refractivity (Wildman–Crippen MR) is 102 cm³/mol. The first-order valence-corrected chi connectivity index (χ1v) is 10.1. The Hall–Kier alpha value is -2.41. The number of amides is 1. The third kappa shape index (κ3) is 4.22. The van der Waals surface area contributed by atoms with Crippen LogP contribution in [0.5, 0.6) is 0 Å². The largest absolute Gasteiger partial charge is 0.324 e. The molecule has 0 heterocycles. The van der Waals surface area contributed by atoms with Crippen molar-refractivity contribution >= 4 is 27.3 Å². The van der Waals surface area contributed by atoms with Crippen LogP contribution in [0.15, 0.2) is 42.5 Å². The molecule has 0 bridgehead atoms. The molecular weight excluding hydrogens is 355 g/mol. The summed E-state index contributed by atoms with van der Waals surface area (Å²) >= 11 is 0. The molecule has 0 aliphatic heterocycles. The minimum absolute atomic E-state index is 0.154. The molecule has 0 unspecified atom stereocenters. The fourth-order valence-corrected chi connectivity index (χ4v) is 4.02. The summed E-state index contributed by atoms with van der Waals surface area (Å²) < 4.78 is 39.5. The number of para-hydroxylation sites is 2. The van der Waals surface area contributed by atoms with Crippen molar-refractivity contribution in [2.24, 2.45) is 0 Å². The van der Waals surface area contributed by atoms with Crippen LogP contribution in [-0.4, -0.2) is 26.6 Å². The number of hydrogen-bond acceptors (Lipinski definition) is 3. The van der Waals surface area contributed by atoms with E-state index in [9.17, 15) is 17.6 Å². The van der Waals surface area contributed by atoms with Crippen LogP contribution in [0.25, 0.3) is 0 Å². The van der Waals surface area contributed by atoms with Gasteiger partial charge in [0.15, 0.2) is 0 Å². The number of nitrogens with zero attached hydrogens (tertiary/aromatic N) is 1. The Bertz CT molecular complexity index is 913. The van der Waals surface area contributed by atoms with Crippen molar-refractivity contribution in [1.82, 2.24) is 0 Å². The maximum atomic E-state index is 14.2. The third-order valence-electron chi connectivity index (χ3n) is 4.17. The second-order valence-electron chi connectivity index (χ2n) is 6.14. The van der Waals surface area contributed by atoms with Gasteiger partial charge in [-0.3, -0.25) is 9.10 Å². The number of carbonyl (C=O) groups is 1. The molecule has 2 rings (SSSR count). The zero-order valence-corrected chi connectivity index (χ0v) is 16.1. The molecule has 0 radical (unpaired) electrons. The first-order chi connectivity index (χ1) is 12.2. The van der Waals surface area contributed by atoms with E-state index in [0.717, 1.165) is 34.2 Å². The average Bonchev–Trinajstić information content (AvgIpc) is 2.57. The molecule has 7 heteroatoms. The lowest BCUT2D eigenvalue weighted by Crippen LogP contribution is -2.46. The Morgan fingerprint density at radius 2 is 1.85 bits per heavy atom. The molecule has 0 saturated carbocycles. The summed E-state index contributed by atoms with van der Waals surface area (Å²) in [6, 6.07) is 10.0. The number of nitrogens with one attached hydrogen (secondary N) is 1. The molecular formula is C19H23FN2O3S. The molecule has 0 aliphatic carbocycles. The van der Waals surface area contributed by atoms with E-state index in [0.29, 0.717) is 5.69 Å². The Balaban J connectivity index is 2.40. The summed E-state index contributed by atoms with van der Waals surface area (Å²) in [5, 5.41) is 2.80. The first-order valence-electron chi connectivity index (χ1n) is 8.30. The van der Waals surface area contributed by atoms with Gasteiger partial charge in [0, 0.05) is 5.69 Å². The molecule has 0 spiro atoms. The number of carbonyl (C=O) groups excluding carboxylic acids is 1. The van der Waals surface area contributed by atoms with Gasteiger partial charge in [0.25, 0.3) is 0 Å². The van der Waals surface area contributed by atoms with Gasteiger partial charge in [-0.1, -0.05) is 37.3 Å². The Labute approximate surface area is 153 Å². The van der Waals surface area contributed by atoms with E-state index in [4.69, 9.17) is 0 Å². The molecule has 140 valence electrons. The number of benzene rings is 2. The summed E-state index contributed by atoms with van der Waals surface area (Å²) in [6.07, 6.45) is 1.67. The van der Waals surface area contributed by atoms with Crippen LogP contribution < -0.4 is 9.62 Å². The molecule has 2 aromatic carbocycles. The van der Waals surface area contributed by atoms with Crippen LogP contribution in [-0.2, 0) is 21.2 Å². The Kier molecular flexibility index (Phi) is 6.02. The van der Waals surface area contributed by atoms with Crippen molar-refractivity contribution in [3.63, 3.8) is 0 Å². The highest BCUT2D eigenvalue weighted by atomic mass is 32.2. The van der Waals surface area contributed by atoms with E-state index in [1.807, 2.05) is 32.0 Å². The highest BCUT2D eigenvalue weighted by Crippen LogP contribution is 2.26. The molecule has 1 N–H and O–H groups in total. The highest BCUT2D eigenvalue weighted by Gasteiger charge is 2.31. The highest BCUT2D eigenvalue weighted by molar-refractivity contribution is 7.92. The molecule has 5 nitrogen and oxygen atoms in total. The maximum absolute atomic E-state index is 14.2. The zero-order chi connectivity index (χ0) is 19.5. The van der Waals surface area contributed by atoms with Crippen molar-refractivity contribution in [2.45, 2.75) is 33.2 Å². The number of hydrogen-bond donors (Lipinski definition) is 1. The number of aryl methyl sites for hydroxylation is 2. The summed E-state index contributed by atoms with van der Waals surface area (Å²) in [5.41, 5.74) is 2.33. The van der Waals surface area contributed by atoms with Crippen LogP contribution in [0.4, 0.5) is 15.8 Å². The molecule has 26 heavy (non-hydrogen) atoms. The summed E-state index contributed by atoms with van der Waals surface area (Å²) in [5.74, 6) is -1.23. The first kappa shape index (κ1) is 19.9. The molecule has 1 atom stereocenters. The SMILES string of the molecule is CCc1cccc(C)c1NC(=O)[C@@H](C)N(c1ccccc1F)S(C)(=O)=O. The average molecular weight is 378 g/mol. The van der Waals surface area contributed by atoms with Crippen molar-refractivity contribution in [3.05, 3.63) is 59.4 Å². The van der Waals surface area contributed by atoms with Crippen LogP contribution in [0.3, 0.4) is 0 Å². The summed E-state index contributed by atoms with van der Waals surface area (Å²) in [7, 11) is -3.87. The molecule has 0 fully saturated rings. The summed E-state index contributed by atoms with van der Waals surface area (Å²) in [6.45, 7) is 5.27. The van der Waals surface area contributed by atoms with Gasteiger partial charge in [-0.25, -0.2) is 12.8 Å². The van der Waals surface area contributed by atoms with Crippen LogP contribution in [0.1, 0.15) is 25.0 Å². The molecule has 0 aromatic heterocycles. The zero-order valence-electron chi connectivity index (χ0n) is 15.3. The van der Waals surface area contributed by atoms with Gasteiger partial charge >= 0.3 is 0 Å². The van der Waals surface area contributed by atoms with Gasteiger partial charge in [0.2, 0.25) is 15.9 Å². The van der Waals surface area contributed by atoms with E-state index in [1.165, 1.54) is 25.1 Å². The predicted octanol–water partition coefficient (Wildman–Crippen LogP) is 3.49. The third-order valence-corrected chi connectivity index (χ3v) is 5.39. The maximum Gasteiger partial charge on any atom is 0.248 e. The van der Waals surface area contributed by atoms with Crippen LogP contribution >= 0.6 is 0 Å². The fraction of sp³-hybridized carbons (Fsp3) is 0.316.